The number of hydrogen-bond donors (Lipinski definition) is 1. The van der Waals surface area contributed by atoms with Crippen LogP contribution in [0.1, 0.15) is 23.6 Å². The van der Waals surface area contributed by atoms with Crippen molar-refractivity contribution < 1.29 is 18.0 Å². The minimum absolute atomic E-state index is 0.113. The molecule has 2 aromatic carbocycles. The van der Waals surface area contributed by atoms with E-state index in [0.29, 0.717) is 0 Å². The number of piperazine rings is 1. The highest BCUT2D eigenvalue weighted by molar-refractivity contribution is 14.1. The maximum absolute atomic E-state index is 13.7. The second-order valence-electron chi connectivity index (χ2n) is 7.43. The molecule has 0 bridgehead atoms. The highest BCUT2D eigenvalue weighted by atomic mass is 127. The minimum Gasteiger partial charge on any atom is -0.326 e. The van der Waals surface area contributed by atoms with Crippen LogP contribution in [0.2, 0.25) is 0 Å². The fourth-order valence-corrected chi connectivity index (χ4v) is 4.21. The molecule has 162 valence electrons. The number of anilines is 1. The average Bonchev–Trinajstić information content (AvgIpc) is 2.69. The third-order valence-corrected chi connectivity index (χ3v) is 5.93. The Morgan fingerprint density at radius 3 is 2.40 bits per heavy atom. The van der Waals surface area contributed by atoms with Crippen molar-refractivity contribution in [3.8, 4) is 0 Å². The number of carbonyl (C=O) groups excluding carboxylic acids is 1. The fourth-order valence-electron chi connectivity index (χ4n) is 3.60. The van der Waals surface area contributed by atoms with E-state index in [1.165, 1.54) is 6.07 Å². The predicted molar refractivity (Wildman–Crippen MR) is 120 cm³/mol. The van der Waals surface area contributed by atoms with Gasteiger partial charge in [-0.3, -0.25) is 9.69 Å². The third kappa shape index (κ3) is 6.42. The monoisotopic (exact) mass is 531 g/mol. The summed E-state index contributed by atoms with van der Waals surface area (Å²) in [6.07, 6.45) is -4.36. The Morgan fingerprint density at radius 1 is 1.07 bits per heavy atom. The van der Waals surface area contributed by atoms with Gasteiger partial charge in [-0.25, -0.2) is 0 Å². The van der Waals surface area contributed by atoms with Crippen molar-refractivity contribution in [3.05, 3.63) is 62.7 Å². The molecule has 1 heterocycles. The van der Waals surface area contributed by atoms with Gasteiger partial charge < -0.3 is 10.2 Å². The highest BCUT2D eigenvalue weighted by Gasteiger charge is 2.34. The SMILES string of the molecule is CCN1CCN(Cc2ccc(NC(=O)Cc3cccc(I)c3)cc2C(F)(F)F)CC1. The van der Waals surface area contributed by atoms with Gasteiger partial charge in [0.05, 0.1) is 12.0 Å². The summed E-state index contributed by atoms with van der Waals surface area (Å²) in [5.41, 5.74) is 0.534. The van der Waals surface area contributed by atoms with Crippen LogP contribution in [0, 0.1) is 3.57 Å². The van der Waals surface area contributed by atoms with Crippen LogP contribution in [0.25, 0.3) is 0 Å². The zero-order valence-corrected chi connectivity index (χ0v) is 19.0. The molecule has 0 saturated carbocycles. The Bertz CT molecular complexity index is 880. The zero-order chi connectivity index (χ0) is 21.7. The number of alkyl halides is 3. The van der Waals surface area contributed by atoms with Crippen LogP contribution < -0.4 is 5.32 Å². The molecule has 1 N–H and O–H groups in total. The number of amides is 1. The van der Waals surface area contributed by atoms with Gasteiger partial charge in [0, 0.05) is 42.0 Å². The van der Waals surface area contributed by atoms with Crippen LogP contribution in [0.3, 0.4) is 0 Å². The van der Waals surface area contributed by atoms with Gasteiger partial charge in [0.15, 0.2) is 0 Å². The van der Waals surface area contributed by atoms with E-state index < -0.39 is 11.7 Å². The van der Waals surface area contributed by atoms with Crippen LogP contribution in [0.4, 0.5) is 18.9 Å². The molecule has 0 radical (unpaired) electrons. The first-order valence-corrected chi connectivity index (χ1v) is 11.0. The molecule has 1 fully saturated rings. The lowest BCUT2D eigenvalue weighted by molar-refractivity contribution is -0.138. The maximum atomic E-state index is 13.7. The normalized spacial score (nSPS) is 15.9. The van der Waals surface area contributed by atoms with E-state index in [2.05, 4.69) is 39.7 Å². The molecule has 1 aliphatic heterocycles. The van der Waals surface area contributed by atoms with Crippen molar-refractivity contribution in [2.45, 2.75) is 26.1 Å². The lowest BCUT2D eigenvalue weighted by Gasteiger charge is -2.34. The Balaban J connectivity index is 1.70. The molecule has 0 aromatic heterocycles. The number of likely N-dealkylation sites (N-methyl/N-ethyl adjacent to an activating group) is 1. The molecular weight excluding hydrogens is 506 g/mol. The van der Waals surface area contributed by atoms with Crippen LogP contribution >= 0.6 is 22.6 Å². The summed E-state index contributed by atoms with van der Waals surface area (Å²) < 4.78 is 42.1. The Morgan fingerprint density at radius 2 is 1.77 bits per heavy atom. The fraction of sp³-hybridized carbons (Fsp3) is 0.409. The lowest BCUT2D eigenvalue weighted by Crippen LogP contribution is -2.45. The number of nitrogens with one attached hydrogen (secondary N) is 1. The minimum atomic E-state index is -4.48. The van der Waals surface area contributed by atoms with Gasteiger partial charge in [0.1, 0.15) is 0 Å². The summed E-state index contributed by atoms with van der Waals surface area (Å²) >= 11 is 2.15. The molecule has 1 saturated heterocycles. The zero-order valence-electron chi connectivity index (χ0n) is 16.8. The second-order valence-corrected chi connectivity index (χ2v) is 8.68. The maximum Gasteiger partial charge on any atom is 0.416 e. The molecule has 30 heavy (non-hydrogen) atoms. The van der Waals surface area contributed by atoms with E-state index in [4.69, 9.17) is 0 Å². The van der Waals surface area contributed by atoms with Crippen LogP contribution in [-0.2, 0) is 23.9 Å². The largest absolute Gasteiger partial charge is 0.416 e. The van der Waals surface area contributed by atoms with E-state index >= 15 is 0 Å². The summed E-state index contributed by atoms with van der Waals surface area (Å²) in [6.45, 7) is 6.53. The number of carbonyl (C=O) groups is 1. The van der Waals surface area contributed by atoms with E-state index in [1.54, 1.807) is 6.07 Å². The first kappa shape index (κ1) is 23.0. The quantitative estimate of drug-likeness (QED) is 0.553. The molecule has 0 aliphatic carbocycles. The van der Waals surface area contributed by atoms with Gasteiger partial charge in [0.2, 0.25) is 5.91 Å². The average molecular weight is 531 g/mol. The molecule has 8 heteroatoms. The Kier molecular flexibility index (Phi) is 7.75. The van der Waals surface area contributed by atoms with Gasteiger partial charge >= 0.3 is 6.18 Å². The van der Waals surface area contributed by atoms with E-state index in [-0.39, 0.29) is 30.1 Å². The number of hydrogen-bond acceptors (Lipinski definition) is 3. The summed E-state index contributed by atoms with van der Waals surface area (Å²) in [6, 6.07) is 11.5. The predicted octanol–water partition coefficient (Wildman–Crippen LogP) is 4.63. The smallest absolute Gasteiger partial charge is 0.326 e. The van der Waals surface area contributed by atoms with Gasteiger partial charge in [-0.15, -0.1) is 0 Å². The number of nitrogens with zero attached hydrogens (tertiary/aromatic N) is 2. The molecule has 2 aromatic rings. The molecule has 1 aliphatic rings. The number of benzene rings is 2. The van der Waals surface area contributed by atoms with Crippen LogP contribution in [0.15, 0.2) is 42.5 Å². The number of rotatable bonds is 6. The Labute approximate surface area is 188 Å². The Hall–Kier alpha value is -1.65. The topological polar surface area (TPSA) is 35.6 Å². The lowest BCUT2D eigenvalue weighted by atomic mass is 10.0. The van der Waals surface area contributed by atoms with Crippen molar-refractivity contribution in [1.82, 2.24) is 9.80 Å². The van der Waals surface area contributed by atoms with Crippen LogP contribution in [0.5, 0.6) is 0 Å². The molecule has 0 spiro atoms. The second kappa shape index (κ2) is 10.1. The number of halogens is 4. The molecule has 1 amide bonds. The van der Waals surface area contributed by atoms with Gasteiger partial charge in [-0.1, -0.05) is 25.1 Å². The molecule has 0 unspecified atom stereocenters. The van der Waals surface area contributed by atoms with E-state index in [0.717, 1.165) is 47.9 Å². The van der Waals surface area contributed by atoms with Crippen LogP contribution in [-0.4, -0.2) is 48.4 Å². The first-order chi connectivity index (χ1) is 14.2. The van der Waals surface area contributed by atoms with Gasteiger partial charge in [-0.05, 0) is 64.5 Å². The van der Waals surface area contributed by atoms with Gasteiger partial charge in [0.25, 0.3) is 0 Å². The molecule has 3 rings (SSSR count). The summed E-state index contributed by atoms with van der Waals surface area (Å²) in [5, 5.41) is 2.60. The van der Waals surface area contributed by atoms with E-state index in [9.17, 15) is 18.0 Å². The van der Waals surface area contributed by atoms with Crippen molar-refractivity contribution in [2.24, 2.45) is 0 Å². The summed E-state index contributed by atoms with van der Waals surface area (Å²) in [7, 11) is 0. The summed E-state index contributed by atoms with van der Waals surface area (Å²) in [4.78, 5) is 16.6. The van der Waals surface area contributed by atoms with Crippen molar-refractivity contribution in [2.75, 3.05) is 38.0 Å². The molecular formula is C22H25F3IN3O. The third-order valence-electron chi connectivity index (χ3n) is 5.26. The standard InChI is InChI=1S/C22H25F3IN3O/c1-2-28-8-10-29(11-9-28)15-17-6-7-19(14-20(17)22(23,24)25)27-21(30)13-16-4-3-5-18(26)12-16/h3-7,12,14H,2,8-11,13,15H2,1H3,(H,27,30). The molecule has 4 nitrogen and oxygen atoms in total. The highest BCUT2D eigenvalue weighted by Crippen LogP contribution is 2.34. The van der Waals surface area contributed by atoms with Crippen molar-refractivity contribution >= 4 is 34.2 Å². The van der Waals surface area contributed by atoms with Crippen molar-refractivity contribution in [1.29, 1.82) is 0 Å². The van der Waals surface area contributed by atoms with Gasteiger partial charge in [-0.2, -0.15) is 13.2 Å². The summed E-state index contributed by atoms with van der Waals surface area (Å²) in [5.74, 6) is -0.339. The first-order valence-electron chi connectivity index (χ1n) is 9.93. The molecule has 0 atom stereocenters. The van der Waals surface area contributed by atoms with Crippen molar-refractivity contribution in [3.63, 3.8) is 0 Å². The van der Waals surface area contributed by atoms with E-state index in [1.807, 2.05) is 29.2 Å².